The van der Waals surface area contributed by atoms with Crippen molar-refractivity contribution in [3.63, 3.8) is 0 Å². The van der Waals surface area contributed by atoms with Gasteiger partial charge in [0.25, 0.3) is 5.56 Å². The molecule has 0 saturated carbocycles. The molecule has 1 N–H and O–H groups in total. The van der Waals surface area contributed by atoms with E-state index in [1.54, 1.807) is 30.5 Å². The first-order valence-corrected chi connectivity index (χ1v) is 9.39. The fraction of sp³-hybridized carbons (Fsp3) is 0.333. The summed E-state index contributed by atoms with van der Waals surface area (Å²) in [4.78, 5) is 24.0. The van der Waals surface area contributed by atoms with Crippen LogP contribution >= 0.6 is 0 Å². The molecule has 1 aliphatic heterocycles. The van der Waals surface area contributed by atoms with Crippen molar-refractivity contribution in [3.05, 3.63) is 70.5 Å². The van der Waals surface area contributed by atoms with Gasteiger partial charge in [0.15, 0.2) is 0 Å². The first-order valence-electron chi connectivity index (χ1n) is 9.39. The molecule has 3 aromatic rings. The zero-order valence-electron chi connectivity index (χ0n) is 15.2. The van der Waals surface area contributed by atoms with Crippen LogP contribution in [0.4, 0.5) is 10.1 Å². The number of aromatic nitrogens is 2. The maximum atomic E-state index is 13.4. The van der Waals surface area contributed by atoms with Crippen molar-refractivity contribution in [1.29, 1.82) is 0 Å². The zero-order valence-corrected chi connectivity index (χ0v) is 15.2. The Balaban J connectivity index is 1.29. The summed E-state index contributed by atoms with van der Waals surface area (Å²) in [5.74, 6) is -0.186. The molecule has 4 rings (SSSR count). The number of pyridine rings is 2. The molecule has 3 heterocycles. The molecule has 0 unspecified atom stereocenters. The first kappa shape index (κ1) is 17.7. The van der Waals surface area contributed by atoms with E-state index in [4.69, 9.17) is 0 Å². The number of aromatic amines is 1. The van der Waals surface area contributed by atoms with Crippen molar-refractivity contribution >= 4 is 16.6 Å². The second-order valence-corrected chi connectivity index (χ2v) is 6.97. The second-order valence-electron chi connectivity index (χ2n) is 6.97. The van der Waals surface area contributed by atoms with Gasteiger partial charge in [0, 0.05) is 43.8 Å². The summed E-state index contributed by atoms with van der Waals surface area (Å²) in [6, 6.07) is 12.3. The standard InChI is InChI=1S/C21H23FN4O/c22-16-4-1-6-18(14-16)26-12-10-25(11-13-26)9-3-5-17-15-20-19(21(27)24-17)7-2-8-23-20/h1-2,4,6-8,14-15H,3,5,9-13H2,(H,24,27). The Labute approximate surface area is 157 Å². The normalized spacial score (nSPS) is 15.4. The maximum absolute atomic E-state index is 13.4. The predicted octanol–water partition coefficient (Wildman–Crippen LogP) is 2.82. The molecule has 1 aromatic carbocycles. The van der Waals surface area contributed by atoms with Gasteiger partial charge in [-0.2, -0.15) is 0 Å². The van der Waals surface area contributed by atoms with Gasteiger partial charge in [0.1, 0.15) is 5.82 Å². The monoisotopic (exact) mass is 366 g/mol. The van der Waals surface area contributed by atoms with Crippen molar-refractivity contribution in [2.45, 2.75) is 12.8 Å². The SMILES string of the molecule is O=c1[nH]c(CCCN2CCN(c3cccc(F)c3)CC2)cc2ncccc12. The molecule has 0 spiro atoms. The summed E-state index contributed by atoms with van der Waals surface area (Å²) < 4.78 is 13.4. The number of hydrogen-bond acceptors (Lipinski definition) is 4. The van der Waals surface area contributed by atoms with E-state index in [-0.39, 0.29) is 11.4 Å². The lowest BCUT2D eigenvalue weighted by Crippen LogP contribution is -2.46. The number of rotatable bonds is 5. The average molecular weight is 366 g/mol. The van der Waals surface area contributed by atoms with Gasteiger partial charge in [-0.05, 0) is 55.8 Å². The quantitative estimate of drug-likeness (QED) is 0.754. The van der Waals surface area contributed by atoms with Gasteiger partial charge in [-0.25, -0.2) is 4.39 Å². The Bertz CT molecular complexity index is 979. The Morgan fingerprint density at radius 3 is 2.74 bits per heavy atom. The zero-order chi connectivity index (χ0) is 18.6. The number of piperazine rings is 1. The van der Waals surface area contributed by atoms with Crippen LogP contribution in [-0.2, 0) is 6.42 Å². The minimum atomic E-state index is -0.186. The molecular formula is C21H23FN4O. The van der Waals surface area contributed by atoms with E-state index in [1.165, 1.54) is 6.07 Å². The third-order valence-electron chi connectivity index (χ3n) is 5.13. The summed E-state index contributed by atoms with van der Waals surface area (Å²) in [5, 5.41) is 0.634. The minimum Gasteiger partial charge on any atom is -0.369 e. The van der Waals surface area contributed by atoms with Crippen LogP contribution in [0, 0.1) is 5.82 Å². The van der Waals surface area contributed by atoms with Crippen molar-refractivity contribution in [2.75, 3.05) is 37.6 Å². The van der Waals surface area contributed by atoms with E-state index in [0.717, 1.165) is 62.5 Å². The number of H-pyrrole nitrogens is 1. The van der Waals surface area contributed by atoms with Crippen molar-refractivity contribution < 1.29 is 4.39 Å². The van der Waals surface area contributed by atoms with Crippen LogP contribution in [0.1, 0.15) is 12.1 Å². The van der Waals surface area contributed by atoms with Gasteiger partial charge in [-0.3, -0.25) is 14.7 Å². The molecule has 0 radical (unpaired) electrons. The Morgan fingerprint density at radius 2 is 1.93 bits per heavy atom. The second kappa shape index (κ2) is 7.88. The molecule has 6 heteroatoms. The highest BCUT2D eigenvalue weighted by molar-refractivity contribution is 5.77. The van der Waals surface area contributed by atoms with Crippen LogP contribution in [0.2, 0.25) is 0 Å². The highest BCUT2D eigenvalue weighted by atomic mass is 19.1. The van der Waals surface area contributed by atoms with Crippen LogP contribution in [0.25, 0.3) is 10.9 Å². The smallest absolute Gasteiger partial charge is 0.257 e. The van der Waals surface area contributed by atoms with Gasteiger partial charge in [-0.15, -0.1) is 0 Å². The molecule has 1 fully saturated rings. The lowest BCUT2D eigenvalue weighted by molar-refractivity contribution is 0.255. The number of nitrogens with zero attached hydrogens (tertiary/aromatic N) is 3. The highest BCUT2D eigenvalue weighted by Gasteiger charge is 2.17. The van der Waals surface area contributed by atoms with E-state index < -0.39 is 0 Å². The topological polar surface area (TPSA) is 52.2 Å². The van der Waals surface area contributed by atoms with Crippen molar-refractivity contribution in [1.82, 2.24) is 14.9 Å². The molecule has 0 atom stereocenters. The van der Waals surface area contributed by atoms with E-state index in [9.17, 15) is 9.18 Å². The molecule has 0 aliphatic carbocycles. The molecule has 27 heavy (non-hydrogen) atoms. The summed E-state index contributed by atoms with van der Waals surface area (Å²) in [7, 11) is 0. The third kappa shape index (κ3) is 4.17. The molecule has 1 saturated heterocycles. The molecule has 2 aromatic heterocycles. The van der Waals surface area contributed by atoms with Crippen molar-refractivity contribution in [3.8, 4) is 0 Å². The van der Waals surface area contributed by atoms with E-state index in [0.29, 0.717) is 5.39 Å². The molecule has 1 aliphatic rings. The molecule has 0 amide bonds. The van der Waals surface area contributed by atoms with Gasteiger partial charge in [0.2, 0.25) is 0 Å². The Morgan fingerprint density at radius 1 is 1.07 bits per heavy atom. The van der Waals surface area contributed by atoms with Crippen LogP contribution in [0.5, 0.6) is 0 Å². The summed E-state index contributed by atoms with van der Waals surface area (Å²) in [5.41, 5.74) is 2.57. The van der Waals surface area contributed by atoms with E-state index in [2.05, 4.69) is 19.8 Å². The lowest BCUT2D eigenvalue weighted by atomic mass is 10.1. The average Bonchev–Trinajstić information content (AvgIpc) is 2.69. The van der Waals surface area contributed by atoms with Crippen LogP contribution in [-0.4, -0.2) is 47.6 Å². The van der Waals surface area contributed by atoms with E-state index in [1.807, 2.05) is 12.1 Å². The lowest BCUT2D eigenvalue weighted by Gasteiger charge is -2.36. The van der Waals surface area contributed by atoms with Crippen LogP contribution < -0.4 is 10.5 Å². The number of hydrogen-bond donors (Lipinski definition) is 1. The molecule has 140 valence electrons. The number of nitrogens with one attached hydrogen (secondary N) is 1. The largest absolute Gasteiger partial charge is 0.369 e. The summed E-state index contributed by atoms with van der Waals surface area (Å²) >= 11 is 0. The van der Waals surface area contributed by atoms with E-state index >= 15 is 0 Å². The number of fused-ring (bicyclic) bond motifs is 1. The third-order valence-corrected chi connectivity index (χ3v) is 5.13. The van der Waals surface area contributed by atoms with Gasteiger partial charge < -0.3 is 9.88 Å². The highest BCUT2D eigenvalue weighted by Crippen LogP contribution is 2.17. The molecule has 0 bridgehead atoms. The Kier molecular flexibility index (Phi) is 5.16. The fourth-order valence-electron chi connectivity index (χ4n) is 3.67. The molecular weight excluding hydrogens is 343 g/mol. The van der Waals surface area contributed by atoms with Crippen LogP contribution in [0.15, 0.2) is 53.5 Å². The summed E-state index contributed by atoms with van der Waals surface area (Å²) in [6.07, 6.45) is 3.52. The predicted molar refractivity (Wildman–Crippen MR) is 106 cm³/mol. The summed E-state index contributed by atoms with van der Waals surface area (Å²) in [6.45, 7) is 4.72. The minimum absolute atomic E-state index is 0.0701. The van der Waals surface area contributed by atoms with Gasteiger partial charge >= 0.3 is 0 Å². The maximum Gasteiger partial charge on any atom is 0.257 e. The fourth-order valence-corrected chi connectivity index (χ4v) is 3.67. The number of anilines is 1. The number of aryl methyl sites for hydroxylation is 1. The number of halogens is 1. The molecule has 5 nitrogen and oxygen atoms in total. The van der Waals surface area contributed by atoms with Crippen molar-refractivity contribution in [2.24, 2.45) is 0 Å². The Hall–Kier alpha value is -2.73. The van der Waals surface area contributed by atoms with Gasteiger partial charge in [-0.1, -0.05) is 6.07 Å². The van der Waals surface area contributed by atoms with Crippen LogP contribution in [0.3, 0.4) is 0 Å². The van der Waals surface area contributed by atoms with Gasteiger partial charge in [0.05, 0.1) is 10.9 Å². The number of benzene rings is 1. The first-order chi connectivity index (χ1) is 13.2.